The van der Waals surface area contributed by atoms with Gasteiger partial charge in [0.05, 0.1) is 39.3 Å². The molecule has 2 N–H and O–H groups in total. The van der Waals surface area contributed by atoms with Crippen LogP contribution in [0.3, 0.4) is 0 Å². The third kappa shape index (κ3) is 4.36. The normalized spacial score (nSPS) is 11.7. The average Bonchev–Trinajstić information content (AvgIpc) is 3.48. The van der Waals surface area contributed by atoms with Crippen LogP contribution in [-0.4, -0.2) is 36.6 Å². The van der Waals surface area contributed by atoms with Crippen molar-refractivity contribution < 1.29 is 27.9 Å². The number of fused-ring (bicyclic) bond motifs is 1. The van der Waals surface area contributed by atoms with Gasteiger partial charge in [-0.15, -0.1) is 0 Å². The van der Waals surface area contributed by atoms with Crippen LogP contribution in [0.2, 0.25) is 5.02 Å². The minimum atomic E-state index is -4.82. The number of aromatic amines is 1. The predicted octanol–water partition coefficient (Wildman–Crippen LogP) is 6.23. The molecule has 0 aliphatic rings. The Kier molecular flexibility index (Phi) is 5.83. The summed E-state index contributed by atoms with van der Waals surface area (Å²) < 4.78 is 43.3. The van der Waals surface area contributed by atoms with Crippen LogP contribution in [0.25, 0.3) is 33.4 Å². The molecule has 2 aromatic heterocycles. The molecule has 0 fully saturated rings. The summed E-state index contributed by atoms with van der Waals surface area (Å²) >= 11 is 6.15. The van der Waals surface area contributed by atoms with Crippen molar-refractivity contribution in [2.45, 2.75) is 6.18 Å². The topological polar surface area (TPSA) is 101 Å². The number of carboxylic acid groups (broad SMARTS) is 1. The Morgan fingerprint density at radius 2 is 1.78 bits per heavy atom. The molecule has 0 aliphatic carbocycles. The summed E-state index contributed by atoms with van der Waals surface area (Å²) in [5, 5.41) is 16.3. The lowest BCUT2D eigenvalue weighted by Gasteiger charge is -2.15. The minimum absolute atomic E-state index is 0.0446. The van der Waals surface area contributed by atoms with Crippen molar-refractivity contribution in [1.29, 1.82) is 0 Å². The third-order valence-electron chi connectivity index (χ3n) is 5.86. The number of nitrogens with zero attached hydrogens (tertiary/aromatic N) is 3. The predicted molar refractivity (Wildman–Crippen MR) is 131 cm³/mol. The molecular formula is C26H16ClF3N4O3. The van der Waals surface area contributed by atoms with E-state index in [0.29, 0.717) is 22.3 Å². The number of nitrogens with one attached hydrogen (secondary N) is 1. The SMILES string of the molecule is Cn1cnc(-c2cc(C(=O)c3c(Cl)cccc3C(F)(F)F)c3c(-c4ccc(C(=O)O)cc4)n[nH]c3c2)c1. The van der Waals surface area contributed by atoms with E-state index in [2.05, 4.69) is 15.2 Å². The van der Waals surface area contributed by atoms with E-state index in [1.54, 1.807) is 30.2 Å². The zero-order valence-electron chi connectivity index (χ0n) is 19.0. The van der Waals surface area contributed by atoms with E-state index in [1.165, 1.54) is 36.4 Å². The highest BCUT2D eigenvalue weighted by atomic mass is 35.5. The van der Waals surface area contributed by atoms with Crippen molar-refractivity contribution in [2.75, 3.05) is 0 Å². The molecule has 7 nitrogen and oxygen atoms in total. The number of halogens is 4. The maximum Gasteiger partial charge on any atom is 0.417 e. The second kappa shape index (κ2) is 8.90. The van der Waals surface area contributed by atoms with E-state index >= 15 is 0 Å². The summed E-state index contributed by atoms with van der Waals surface area (Å²) in [7, 11) is 1.76. The molecule has 2 heterocycles. The number of alkyl halides is 3. The maximum atomic E-state index is 13.9. The zero-order valence-corrected chi connectivity index (χ0v) is 19.7. The Morgan fingerprint density at radius 1 is 1.05 bits per heavy atom. The minimum Gasteiger partial charge on any atom is -0.478 e. The Hall–Kier alpha value is -4.44. The number of benzene rings is 3. The second-order valence-electron chi connectivity index (χ2n) is 8.31. The number of aryl methyl sites for hydroxylation is 1. The molecule has 186 valence electrons. The molecule has 0 saturated carbocycles. The number of carbonyl (C=O) groups is 2. The summed E-state index contributed by atoms with van der Waals surface area (Å²) in [6, 6.07) is 12.1. The summed E-state index contributed by atoms with van der Waals surface area (Å²) in [6.07, 6.45) is -1.56. The van der Waals surface area contributed by atoms with Crippen LogP contribution >= 0.6 is 11.6 Å². The first-order valence-corrected chi connectivity index (χ1v) is 11.2. The highest BCUT2D eigenvalue weighted by Crippen LogP contribution is 2.39. The largest absolute Gasteiger partial charge is 0.478 e. The van der Waals surface area contributed by atoms with Gasteiger partial charge < -0.3 is 9.67 Å². The molecule has 0 spiro atoms. The number of ketones is 1. The molecule has 0 radical (unpaired) electrons. The van der Waals surface area contributed by atoms with Crippen LogP contribution < -0.4 is 0 Å². The lowest BCUT2D eigenvalue weighted by atomic mass is 9.92. The second-order valence-corrected chi connectivity index (χ2v) is 8.72. The molecule has 37 heavy (non-hydrogen) atoms. The molecule has 5 rings (SSSR count). The van der Waals surface area contributed by atoms with E-state index < -0.39 is 29.1 Å². The summed E-state index contributed by atoms with van der Waals surface area (Å²) in [5.41, 5.74) is 0.232. The monoisotopic (exact) mass is 524 g/mol. The van der Waals surface area contributed by atoms with E-state index in [1.807, 2.05) is 0 Å². The summed E-state index contributed by atoms with van der Waals surface area (Å²) in [6.45, 7) is 0. The Morgan fingerprint density at radius 3 is 2.41 bits per heavy atom. The van der Waals surface area contributed by atoms with Gasteiger partial charge in [0.1, 0.15) is 5.69 Å². The number of rotatable bonds is 5. The lowest BCUT2D eigenvalue weighted by Crippen LogP contribution is -2.15. The number of aromatic nitrogens is 4. The standard InChI is InChI=1S/C26H16ClF3N4O3/c1-34-11-20(31-12-34)15-9-16(24(35)22-17(26(28,29)30)3-2-4-18(22)27)21-19(10-15)32-33-23(21)13-5-7-14(8-6-13)25(36)37/h2-12H,1H3,(H,32,33)(H,36,37). The molecule has 0 atom stereocenters. The summed E-state index contributed by atoms with van der Waals surface area (Å²) in [5.74, 6) is -2.06. The molecule has 0 aliphatic heterocycles. The zero-order chi connectivity index (χ0) is 26.5. The Bertz CT molecular complexity index is 1690. The van der Waals surface area contributed by atoms with Crippen molar-refractivity contribution in [2.24, 2.45) is 7.05 Å². The Labute approximate surface area is 212 Å². The van der Waals surface area contributed by atoms with Gasteiger partial charge in [0.2, 0.25) is 0 Å². The molecule has 0 saturated heterocycles. The quantitative estimate of drug-likeness (QED) is 0.265. The van der Waals surface area contributed by atoms with Crippen LogP contribution in [-0.2, 0) is 13.2 Å². The fraction of sp³-hybridized carbons (Fsp3) is 0.0769. The van der Waals surface area contributed by atoms with Gasteiger partial charge in [-0.05, 0) is 36.4 Å². The van der Waals surface area contributed by atoms with Gasteiger partial charge in [-0.2, -0.15) is 18.3 Å². The Balaban J connectivity index is 1.79. The van der Waals surface area contributed by atoms with Gasteiger partial charge in [-0.1, -0.05) is 29.8 Å². The molecule has 5 aromatic rings. The molecule has 3 aromatic carbocycles. The first-order valence-electron chi connectivity index (χ1n) is 10.8. The van der Waals surface area contributed by atoms with E-state index in [9.17, 15) is 27.9 Å². The van der Waals surface area contributed by atoms with E-state index in [-0.39, 0.29) is 27.2 Å². The number of aromatic carboxylic acids is 1. The van der Waals surface area contributed by atoms with Crippen LogP contribution in [0.1, 0.15) is 31.8 Å². The number of hydrogen-bond acceptors (Lipinski definition) is 4. The van der Waals surface area contributed by atoms with E-state index in [4.69, 9.17) is 11.6 Å². The number of carbonyl (C=O) groups excluding carboxylic acids is 1. The smallest absolute Gasteiger partial charge is 0.417 e. The van der Waals surface area contributed by atoms with Gasteiger partial charge >= 0.3 is 12.1 Å². The first kappa shape index (κ1) is 24.3. The van der Waals surface area contributed by atoms with Crippen molar-refractivity contribution in [3.05, 3.63) is 94.4 Å². The van der Waals surface area contributed by atoms with Crippen molar-refractivity contribution >= 4 is 34.3 Å². The number of hydrogen-bond donors (Lipinski definition) is 2. The molecule has 0 bridgehead atoms. The van der Waals surface area contributed by atoms with Crippen molar-refractivity contribution in [3.8, 4) is 22.5 Å². The van der Waals surface area contributed by atoms with Gasteiger partial charge in [-0.25, -0.2) is 9.78 Å². The number of H-pyrrole nitrogens is 1. The third-order valence-corrected chi connectivity index (χ3v) is 6.17. The van der Waals surface area contributed by atoms with Gasteiger partial charge in [-0.3, -0.25) is 9.89 Å². The highest BCUT2D eigenvalue weighted by molar-refractivity contribution is 6.36. The fourth-order valence-electron chi connectivity index (χ4n) is 4.15. The van der Waals surface area contributed by atoms with Crippen LogP contribution in [0.15, 0.2) is 67.1 Å². The molecule has 0 unspecified atom stereocenters. The molecular weight excluding hydrogens is 509 g/mol. The van der Waals surface area contributed by atoms with E-state index in [0.717, 1.165) is 12.1 Å². The van der Waals surface area contributed by atoms with Crippen LogP contribution in [0.4, 0.5) is 13.2 Å². The van der Waals surface area contributed by atoms with Crippen molar-refractivity contribution in [3.63, 3.8) is 0 Å². The average molecular weight is 525 g/mol. The first-order chi connectivity index (χ1) is 17.5. The number of carboxylic acids is 1. The molecule has 0 amide bonds. The maximum absolute atomic E-state index is 13.9. The van der Waals surface area contributed by atoms with Gasteiger partial charge in [0.15, 0.2) is 5.78 Å². The van der Waals surface area contributed by atoms with Crippen molar-refractivity contribution in [1.82, 2.24) is 19.7 Å². The fourth-order valence-corrected chi connectivity index (χ4v) is 4.41. The van der Waals surface area contributed by atoms with Gasteiger partial charge in [0.25, 0.3) is 0 Å². The van der Waals surface area contributed by atoms with Gasteiger partial charge in [0, 0.05) is 35.3 Å². The number of imidazole rings is 1. The summed E-state index contributed by atoms with van der Waals surface area (Å²) in [4.78, 5) is 29.4. The highest BCUT2D eigenvalue weighted by Gasteiger charge is 2.37. The lowest BCUT2D eigenvalue weighted by molar-refractivity contribution is -0.137. The van der Waals surface area contributed by atoms with Crippen LogP contribution in [0.5, 0.6) is 0 Å². The molecule has 11 heteroatoms. The van der Waals surface area contributed by atoms with Crippen LogP contribution in [0, 0.1) is 0 Å².